The molecule has 0 saturated heterocycles. The number of halogens is 1. The van der Waals surface area contributed by atoms with Crippen LogP contribution >= 0.6 is 11.6 Å². The van der Waals surface area contributed by atoms with Crippen LogP contribution in [0.4, 0.5) is 5.69 Å². The summed E-state index contributed by atoms with van der Waals surface area (Å²) in [5.41, 5.74) is 3.40. The zero-order valence-electron chi connectivity index (χ0n) is 14.1. The summed E-state index contributed by atoms with van der Waals surface area (Å²) in [7, 11) is 1.55. The van der Waals surface area contributed by atoms with Gasteiger partial charge in [-0.25, -0.2) is 4.68 Å². The number of carbonyl (C=O) groups is 1. The Morgan fingerprint density at radius 1 is 1.16 bits per heavy atom. The maximum Gasteiger partial charge on any atom is 0.278 e. The van der Waals surface area contributed by atoms with Gasteiger partial charge in [0.2, 0.25) is 0 Å². The average molecular weight is 357 g/mol. The highest BCUT2D eigenvalue weighted by Gasteiger charge is 2.18. The molecule has 3 aromatic rings. The topological polar surface area (TPSA) is 69.0 Å². The van der Waals surface area contributed by atoms with Crippen molar-refractivity contribution in [2.45, 2.75) is 13.8 Å². The Bertz CT molecular complexity index is 919. The van der Waals surface area contributed by atoms with Gasteiger partial charge in [-0.05, 0) is 44.2 Å². The number of rotatable bonds is 4. The Hall–Kier alpha value is -2.86. The largest absolute Gasteiger partial charge is 0.495 e. The van der Waals surface area contributed by atoms with Crippen LogP contribution in [0.2, 0.25) is 5.02 Å². The molecule has 7 heteroatoms. The molecule has 1 heterocycles. The molecule has 1 amide bonds. The first-order valence-electron chi connectivity index (χ1n) is 7.64. The Morgan fingerprint density at radius 3 is 2.52 bits per heavy atom. The second kappa shape index (κ2) is 6.94. The third-order valence-corrected chi connectivity index (χ3v) is 4.09. The molecule has 0 radical (unpaired) electrons. The van der Waals surface area contributed by atoms with Gasteiger partial charge in [0.25, 0.3) is 5.91 Å². The first-order valence-corrected chi connectivity index (χ1v) is 8.01. The lowest BCUT2D eigenvalue weighted by atomic mass is 10.2. The van der Waals surface area contributed by atoms with Crippen molar-refractivity contribution in [2.75, 3.05) is 12.4 Å². The molecule has 128 valence electrons. The number of methoxy groups -OCH3 is 1. The quantitative estimate of drug-likeness (QED) is 0.772. The van der Waals surface area contributed by atoms with Crippen LogP contribution in [0.1, 0.15) is 21.7 Å². The highest BCUT2D eigenvalue weighted by atomic mass is 35.5. The number of ether oxygens (including phenoxy) is 1. The van der Waals surface area contributed by atoms with E-state index in [9.17, 15) is 4.79 Å². The lowest BCUT2D eigenvalue weighted by molar-refractivity contribution is 0.102. The fraction of sp³-hybridized carbons (Fsp3) is 0.167. The van der Waals surface area contributed by atoms with Crippen LogP contribution in [-0.4, -0.2) is 28.0 Å². The van der Waals surface area contributed by atoms with E-state index in [1.165, 1.54) is 0 Å². The number of anilines is 1. The summed E-state index contributed by atoms with van der Waals surface area (Å²) in [5.74, 6) is 0.257. The smallest absolute Gasteiger partial charge is 0.278 e. The maximum atomic E-state index is 12.5. The molecule has 0 atom stereocenters. The maximum absolute atomic E-state index is 12.5. The van der Waals surface area contributed by atoms with Gasteiger partial charge in [0, 0.05) is 5.69 Å². The SMILES string of the molecule is COc1ccc(-n2nnc(C(=O)Nc3ccc(C)cc3)c2C)cc1Cl. The van der Waals surface area contributed by atoms with E-state index in [2.05, 4.69) is 15.6 Å². The standard InChI is InChI=1S/C18H17ClN4O2/c1-11-4-6-13(7-5-11)20-18(24)17-12(2)23(22-21-17)14-8-9-16(25-3)15(19)10-14/h4-10H,1-3H3,(H,20,24). The van der Waals surface area contributed by atoms with Crippen molar-refractivity contribution >= 4 is 23.2 Å². The van der Waals surface area contributed by atoms with Crippen molar-refractivity contribution < 1.29 is 9.53 Å². The van der Waals surface area contributed by atoms with Gasteiger partial charge in [-0.3, -0.25) is 4.79 Å². The van der Waals surface area contributed by atoms with E-state index in [1.54, 1.807) is 36.9 Å². The highest BCUT2D eigenvalue weighted by molar-refractivity contribution is 6.32. The van der Waals surface area contributed by atoms with Crippen LogP contribution in [0.3, 0.4) is 0 Å². The second-order valence-electron chi connectivity index (χ2n) is 5.57. The summed E-state index contributed by atoms with van der Waals surface area (Å²) < 4.78 is 6.71. The number of aromatic nitrogens is 3. The summed E-state index contributed by atoms with van der Waals surface area (Å²) in [6.07, 6.45) is 0. The minimum atomic E-state index is -0.313. The second-order valence-corrected chi connectivity index (χ2v) is 5.98. The molecule has 6 nitrogen and oxygen atoms in total. The normalized spacial score (nSPS) is 10.6. The average Bonchev–Trinajstić information content (AvgIpc) is 2.98. The van der Waals surface area contributed by atoms with Crippen LogP contribution in [0.5, 0.6) is 5.75 Å². The fourth-order valence-corrected chi connectivity index (χ4v) is 2.65. The van der Waals surface area contributed by atoms with Gasteiger partial charge in [-0.1, -0.05) is 34.5 Å². The first-order chi connectivity index (χ1) is 12.0. The van der Waals surface area contributed by atoms with Crippen LogP contribution in [0.25, 0.3) is 5.69 Å². The highest BCUT2D eigenvalue weighted by Crippen LogP contribution is 2.27. The van der Waals surface area contributed by atoms with Gasteiger partial charge in [0.05, 0.1) is 23.5 Å². The van der Waals surface area contributed by atoms with E-state index in [1.807, 2.05) is 31.2 Å². The predicted octanol–water partition coefficient (Wildman–Crippen LogP) is 3.80. The Kier molecular flexibility index (Phi) is 4.72. The molecule has 0 fully saturated rings. The zero-order valence-corrected chi connectivity index (χ0v) is 14.8. The first kappa shape index (κ1) is 17.0. The number of nitrogens with one attached hydrogen (secondary N) is 1. The molecule has 1 aromatic heterocycles. The monoisotopic (exact) mass is 356 g/mol. The molecule has 0 unspecified atom stereocenters. The van der Waals surface area contributed by atoms with Crippen molar-refractivity contribution in [3.8, 4) is 11.4 Å². The number of nitrogens with zero attached hydrogens (tertiary/aromatic N) is 3. The fourth-order valence-electron chi connectivity index (χ4n) is 2.40. The molecular formula is C18H17ClN4O2. The molecule has 0 saturated carbocycles. The van der Waals surface area contributed by atoms with Crippen molar-refractivity contribution in [3.05, 3.63) is 64.4 Å². The zero-order chi connectivity index (χ0) is 18.0. The summed E-state index contributed by atoms with van der Waals surface area (Å²) in [6, 6.07) is 12.8. The molecule has 2 aromatic carbocycles. The van der Waals surface area contributed by atoms with Crippen LogP contribution < -0.4 is 10.1 Å². The minimum Gasteiger partial charge on any atom is -0.495 e. The van der Waals surface area contributed by atoms with E-state index in [-0.39, 0.29) is 11.6 Å². The Morgan fingerprint density at radius 2 is 1.88 bits per heavy atom. The third kappa shape index (κ3) is 3.49. The Balaban J connectivity index is 1.86. The molecular weight excluding hydrogens is 340 g/mol. The van der Waals surface area contributed by atoms with Crippen molar-refractivity contribution in [1.82, 2.24) is 15.0 Å². The lowest BCUT2D eigenvalue weighted by Gasteiger charge is -2.07. The van der Waals surface area contributed by atoms with Gasteiger partial charge in [-0.2, -0.15) is 0 Å². The van der Waals surface area contributed by atoms with Crippen molar-refractivity contribution in [2.24, 2.45) is 0 Å². The van der Waals surface area contributed by atoms with E-state index < -0.39 is 0 Å². The van der Waals surface area contributed by atoms with Gasteiger partial charge in [-0.15, -0.1) is 5.10 Å². The van der Waals surface area contributed by atoms with Gasteiger partial charge in [0.15, 0.2) is 5.69 Å². The number of hydrogen-bond donors (Lipinski definition) is 1. The summed E-state index contributed by atoms with van der Waals surface area (Å²) in [6.45, 7) is 3.77. The van der Waals surface area contributed by atoms with E-state index in [0.717, 1.165) is 5.56 Å². The van der Waals surface area contributed by atoms with E-state index in [0.29, 0.717) is 27.8 Å². The number of benzene rings is 2. The molecule has 25 heavy (non-hydrogen) atoms. The molecule has 0 bridgehead atoms. The number of carbonyl (C=O) groups excluding carboxylic acids is 1. The van der Waals surface area contributed by atoms with Crippen molar-refractivity contribution in [3.63, 3.8) is 0 Å². The summed E-state index contributed by atoms with van der Waals surface area (Å²) >= 11 is 6.16. The molecule has 1 N–H and O–H groups in total. The van der Waals surface area contributed by atoms with E-state index >= 15 is 0 Å². The summed E-state index contributed by atoms with van der Waals surface area (Å²) in [5, 5.41) is 11.3. The van der Waals surface area contributed by atoms with Crippen LogP contribution in [0, 0.1) is 13.8 Å². The van der Waals surface area contributed by atoms with Crippen LogP contribution in [-0.2, 0) is 0 Å². The number of hydrogen-bond acceptors (Lipinski definition) is 4. The molecule has 0 aliphatic carbocycles. The Labute approximate surface area is 150 Å². The summed E-state index contributed by atoms with van der Waals surface area (Å²) in [4.78, 5) is 12.5. The van der Waals surface area contributed by atoms with Crippen molar-refractivity contribution in [1.29, 1.82) is 0 Å². The lowest BCUT2D eigenvalue weighted by Crippen LogP contribution is -2.14. The van der Waals surface area contributed by atoms with Gasteiger partial charge < -0.3 is 10.1 Å². The van der Waals surface area contributed by atoms with E-state index in [4.69, 9.17) is 16.3 Å². The molecule has 0 aliphatic rings. The number of aryl methyl sites for hydroxylation is 1. The third-order valence-electron chi connectivity index (χ3n) is 3.80. The number of amides is 1. The van der Waals surface area contributed by atoms with Gasteiger partial charge in [0.1, 0.15) is 5.75 Å². The predicted molar refractivity (Wildman–Crippen MR) is 96.8 cm³/mol. The van der Waals surface area contributed by atoms with Crippen LogP contribution in [0.15, 0.2) is 42.5 Å². The molecule has 3 rings (SSSR count). The van der Waals surface area contributed by atoms with Gasteiger partial charge >= 0.3 is 0 Å². The molecule has 0 aliphatic heterocycles. The molecule has 0 spiro atoms. The minimum absolute atomic E-state index is 0.257.